The molecule has 9 aromatic rings. The molecule has 0 aliphatic carbocycles. The Kier molecular flexibility index (Phi) is 6.56. The van der Waals surface area contributed by atoms with E-state index in [1.54, 1.807) is 0 Å². The summed E-state index contributed by atoms with van der Waals surface area (Å²) in [7, 11) is 0. The molecular weight excluding hydrogens is 611 g/mol. The molecule has 0 aliphatic rings. The number of hydrogen-bond donors (Lipinski definition) is 0. The van der Waals surface area contributed by atoms with Crippen LogP contribution in [0.4, 0.5) is 5.69 Å². The molecule has 5 nitrogen and oxygen atoms in total. The molecule has 0 amide bonds. The molecule has 0 radical (unpaired) electrons. The zero-order valence-electron chi connectivity index (χ0n) is 26.7. The van der Waals surface area contributed by atoms with E-state index in [1.165, 1.54) is 0 Å². The van der Waals surface area contributed by atoms with E-state index < -0.39 is 0 Å². The minimum atomic E-state index is 0.586. The van der Waals surface area contributed by atoms with Gasteiger partial charge in [0.25, 0.3) is 0 Å². The minimum absolute atomic E-state index is 0.586. The lowest BCUT2D eigenvalue weighted by Gasteiger charge is -2.15. The number of fused-ring (bicyclic) bond motifs is 6. The number of para-hydroxylation sites is 3. The van der Waals surface area contributed by atoms with E-state index in [9.17, 15) is 10.5 Å². The normalized spacial score (nSPS) is 11.1. The Balaban J connectivity index is 1.13. The number of rotatable bonds is 4. The first-order valence-corrected chi connectivity index (χ1v) is 16.3. The first kappa shape index (κ1) is 28.8. The van der Waals surface area contributed by atoms with Gasteiger partial charge in [-0.1, -0.05) is 91.0 Å². The van der Waals surface area contributed by atoms with Crippen LogP contribution in [0.1, 0.15) is 11.1 Å². The molecule has 0 N–H and O–H groups in total. The standard InChI is InChI=1S/C45H25N5/c1-48-40-10-6-9-37-35-7-2-4-11-41(35)49(45(37)40)34-21-19-32(20-22-34)31-15-17-33(18-16-31)38-25-29(27-46)13-23-43(38)50-42-12-5-3-8-36(42)39-26-30(28-47)14-24-44(39)50/h2-26H. The summed E-state index contributed by atoms with van der Waals surface area (Å²) in [6.45, 7) is 7.83. The molecule has 230 valence electrons. The predicted octanol–water partition coefficient (Wildman–Crippen LogP) is 11.5. The number of nitriles is 2. The lowest BCUT2D eigenvalue weighted by Crippen LogP contribution is -1.98. The maximum atomic E-state index is 9.86. The van der Waals surface area contributed by atoms with E-state index in [-0.39, 0.29) is 0 Å². The Morgan fingerprint density at radius 3 is 1.74 bits per heavy atom. The minimum Gasteiger partial charge on any atom is -0.319 e. The Morgan fingerprint density at radius 1 is 0.480 bits per heavy atom. The fraction of sp³-hybridized carbons (Fsp3) is 0. The van der Waals surface area contributed by atoms with Crippen molar-refractivity contribution in [3.8, 4) is 45.8 Å². The quantitative estimate of drug-likeness (QED) is 0.181. The average Bonchev–Trinajstić information content (AvgIpc) is 3.70. The summed E-state index contributed by atoms with van der Waals surface area (Å²) in [5.74, 6) is 0. The fourth-order valence-electron chi connectivity index (χ4n) is 7.34. The van der Waals surface area contributed by atoms with Crippen LogP contribution in [0, 0.1) is 29.2 Å². The average molecular weight is 636 g/mol. The Bertz CT molecular complexity index is 2940. The van der Waals surface area contributed by atoms with Gasteiger partial charge in [0.1, 0.15) is 0 Å². The predicted molar refractivity (Wildman–Crippen MR) is 202 cm³/mol. The Morgan fingerprint density at radius 2 is 1.04 bits per heavy atom. The molecule has 2 aromatic heterocycles. The second-order valence-electron chi connectivity index (χ2n) is 12.3. The summed E-state index contributed by atoms with van der Waals surface area (Å²) in [5.41, 5.74) is 11.9. The van der Waals surface area contributed by atoms with Crippen LogP contribution in [0.2, 0.25) is 0 Å². The van der Waals surface area contributed by atoms with Crippen LogP contribution in [0.15, 0.2) is 152 Å². The third-order valence-corrected chi connectivity index (χ3v) is 9.62. The Labute approximate surface area is 288 Å². The maximum absolute atomic E-state index is 9.86. The molecule has 0 aliphatic heterocycles. The zero-order valence-corrected chi connectivity index (χ0v) is 26.7. The monoisotopic (exact) mass is 635 g/mol. The van der Waals surface area contributed by atoms with Crippen LogP contribution in [-0.4, -0.2) is 9.13 Å². The molecule has 0 saturated heterocycles. The highest BCUT2D eigenvalue weighted by molar-refractivity contribution is 6.13. The highest BCUT2D eigenvalue weighted by Gasteiger charge is 2.18. The van der Waals surface area contributed by atoms with Crippen molar-refractivity contribution in [2.45, 2.75) is 0 Å². The van der Waals surface area contributed by atoms with Gasteiger partial charge in [-0.2, -0.15) is 10.5 Å². The summed E-state index contributed by atoms with van der Waals surface area (Å²) in [6, 6.07) is 55.6. The van der Waals surface area contributed by atoms with E-state index >= 15 is 0 Å². The summed E-state index contributed by atoms with van der Waals surface area (Å²) in [4.78, 5) is 3.85. The van der Waals surface area contributed by atoms with Crippen LogP contribution in [0.3, 0.4) is 0 Å². The largest absolute Gasteiger partial charge is 0.319 e. The van der Waals surface area contributed by atoms with Gasteiger partial charge in [0.05, 0.1) is 57.6 Å². The highest BCUT2D eigenvalue weighted by atomic mass is 15.0. The van der Waals surface area contributed by atoms with Crippen LogP contribution in [-0.2, 0) is 0 Å². The molecule has 0 spiro atoms. The van der Waals surface area contributed by atoms with E-state index in [2.05, 4.69) is 105 Å². The maximum Gasteiger partial charge on any atom is 0.211 e. The third-order valence-electron chi connectivity index (χ3n) is 9.62. The van der Waals surface area contributed by atoms with Gasteiger partial charge in [-0.3, -0.25) is 0 Å². The first-order chi connectivity index (χ1) is 24.7. The van der Waals surface area contributed by atoms with Crippen molar-refractivity contribution >= 4 is 49.3 Å². The SMILES string of the molecule is [C-]#[N+]c1cccc2c3ccccc3n(-c3ccc(-c4ccc(-c5cc(C#N)ccc5-n5c6ccccc6c6cc(C#N)ccc65)cc4)cc3)c12. The van der Waals surface area contributed by atoms with Crippen molar-refractivity contribution in [3.05, 3.63) is 174 Å². The van der Waals surface area contributed by atoms with Gasteiger partial charge in [-0.05, 0) is 82.7 Å². The molecule has 0 bridgehead atoms. The van der Waals surface area contributed by atoms with Gasteiger partial charge in [-0.25, -0.2) is 4.85 Å². The molecule has 2 heterocycles. The van der Waals surface area contributed by atoms with Crippen LogP contribution in [0.25, 0.3) is 82.1 Å². The summed E-state index contributed by atoms with van der Waals surface area (Å²) in [6.07, 6.45) is 0. The topological polar surface area (TPSA) is 61.8 Å². The lowest BCUT2D eigenvalue weighted by atomic mass is 9.97. The van der Waals surface area contributed by atoms with Crippen LogP contribution >= 0.6 is 0 Å². The fourth-order valence-corrected chi connectivity index (χ4v) is 7.34. The first-order valence-electron chi connectivity index (χ1n) is 16.3. The van der Waals surface area contributed by atoms with E-state index in [0.717, 1.165) is 77.2 Å². The van der Waals surface area contributed by atoms with E-state index in [1.807, 2.05) is 72.8 Å². The molecule has 7 aromatic carbocycles. The van der Waals surface area contributed by atoms with Crippen LogP contribution < -0.4 is 0 Å². The van der Waals surface area contributed by atoms with Gasteiger partial charge in [-0.15, -0.1) is 0 Å². The van der Waals surface area contributed by atoms with Crippen molar-refractivity contribution in [2.24, 2.45) is 0 Å². The summed E-state index contributed by atoms with van der Waals surface area (Å²) >= 11 is 0. The van der Waals surface area contributed by atoms with Crippen molar-refractivity contribution in [1.29, 1.82) is 10.5 Å². The lowest BCUT2D eigenvalue weighted by molar-refractivity contribution is 1.18. The zero-order chi connectivity index (χ0) is 33.8. The molecule has 0 fully saturated rings. The van der Waals surface area contributed by atoms with Gasteiger partial charge in [0, 0.05) is 27.4 Å². The summed E-state index contributed by atoms with van der Waals surface area (Å²) < 4.78 is 4.41. The van der Waals surface area contributed by atoms with E-state index in [0.29, 0.717) is 16.8 Å². The molecule has 50 heavy (non-hydrogen) atoms. The smallest absolute Gasteiger partial charge is 0.211 e. The van der Waals surface area contributed by atoms with Crippen molar-refractivity contribution in [3.63, 3.8) is 0 Å². The molecule has 0 saturated carbocycles. The van der Waals surface area contributed by atoms with Crippen molar-refractivity contribution in [2.75, 3.05) is 0 Å². The molecule has 0 unspecified atom stereocenters. The molecule has 0 atom stereocenters. The third kappa shape index (κ3) is 4.38. The Hall–Kier alpha value is -7.39. The highest BCUT2D eigenvalue weighted by Crippen LogP contribution is 2.39. The number of aromatic nitrogens is 2. The second-order valence-corrected chi connectivity index (χ2v) is 12.3. The van der Waals surface area contributed by atoms with Gasteiger partial charge >= 0.3 is 0 Å². The van der Waals surface area contributed by atoms with E-state index in [4.69, 9.17) is 6.57 Å². The summed E-state index contributed by atoms with van der Waals surface area (Å²) in [5, 5.41) is 23.7. The molecule has 9 rings (SSSR count). The number of hydrogen-bond acceptors (Lipinski definition) is 2. The second kappa shape index (κ2) is 11.4. The van der Waals surface area contributed by atoms with Gasteiger partial charge < -0.3 is 9.13 Å². The number of benzene rings is 7. The van der Waals surface area contributed by atoms with Crippen molar-refractivity contribution < 1.29 is 0 Å². The van der Waals surface area contributed by atoms with Gasteiger partial charge in [0.15, 0.2) is 0 Å². The number of nitrogens with zero attached hydrogens (tertiary/aromatic N) is 5. The van der Waals surface area contributed by atoms with Crippen molar-refractivity contribution in [1.82, 2.24) is 9.13 Å². The van der Waals surface area contributed by atoms with Crippen LogP contribution in [0.5, 0.6) is 0 Å². The molecular formula is C45H25N5. The van der Waals surface area contributed by atoms with Gasteiger partial charge in [0.2, 0.25) is 5.69 Å². The molecule has 5 heteroatoms.